The summed E-state index contributed by atoms with van der Waals surface area (Å²) in [5.74, 6) is -0.840. The van der Waals surface area contributed by atoms with Crippen LogP contribution in [0.2, 0.25) is 10.0 Å². The molecule has 0 bridgehead atoms. The van der Waals surface area contributed by atoms with E-state index >= 15 is 0 Å². The highest BCUT2D eigenvalue weighted by Gasteiger charge is 2.44. The van der Waals surface area contributed by atoms with Gasteiger partial charge in [-0.15, -0.1) is 0 Å². The Morgan fingerprint density at radius 2 is 1.91 bits per heavy atom. The van der Waals surface area contributed by atoms with Crippen LogP contribution in [0.5, 0.6) is 0 Å². The largest absolute Gasteiger partial charge is 0.390 e. The smallest absolute Gasteiger partial charge is 0.243 e. The molecule has 2 atom stereocenters. The van der Waals surface area contributed by atoms with E-state index in [9.17, 15) is 21.9 Å². The fourth-order valence-corrected chi connectivity index (χ4v) is 6.39. The summed E-state index contributed by atoms with van der Waals surface area (Å²) in [5, 5.41) is 10.2. The Morgan fingerprint density at radius 1 is 1.27 bits per heavy atom. The minimum absolute atomic E-state index is 0.0276. The fraction of sp³-hybridized carbons (Fsp3) is 0.500. The van der Waals surface area contributed by atoms with Gasteiger partial charge in [0.2, 0.25) is 10.0 Å². The van der Waals surface area contributed by atoms with Gasteiger partial charge < -0.3 is 5.11 Å². The van der Waals surface area contributed by atoms with E-state index < -0.39 is 43.5 Å². The molecule has 1 aromatic carbocycles. The highest BCUT2D eigenvalue weighted by atomic mass is 35.5. The number of hydrogen-bond donors (Lipinski definition) is 1. The molecule has 1 heterocycles. The van der Waals surface area contributed by atoms with Crippen molar-refractivity contribution in [2.45, 2.75) is 24.0 Å². The summed E-state index contributed by atoms with van der Waals surface area (Å²) in [6.45, 7) is 1.60. The van der Waals surface area contributed by atoms with E-state index in [1.165, 1.54) is 18.2 Å². The lowest BCUT2D eigenvalue weighted by Crippen LogP contribution is -2.46. The van der Waals surface area contributed by atoms with Crippen LogP contribution in [-0.2, 0) is 19.9 Å². The highest BCUT2D eigenvalue weighted by Crippen LogP contribution is 2.29. The molecule has 1 aliphatic heterocycles. The zero-order valence-corrected chi connectivity index (χ0v) is 14.8. The van der Waals surface area contributed by atoms with Crippen LogP contribution in [0.4, 0.5) is 0 Å². The summed E-state index contributed by atoms with van der Waals surface area (Å²) in [4.78, 5) is -0.0970. The number of sulfonamides is 1. The summed E-state index contributed by atoms with van der Waals surface area (Å²) in [5.41, 5.74) is 0. The standard InChI is InChI=1S/C12H15Cl2NO5S2/c1-2-15(11-6-21(17,18)7-12(11)16)22(19,20)8-3-4-9(13)10(14)5-8/h3-5,11-12,16H,2,6-7H2,1H3/t11-,12-/m1/s1. The van der Waals surface area contributed by atoms with Gasteiger partial charge in [-0.1, -0.05) is 30.1 Å². The van der Waals surface area contributed by atoms with E-state index in [4.69, 9.17) is 23.2 Å². The normalized spacial score (nSPS) is 24.8. The molecule has 0 amide bonds. The monoisotopic (exact) mass is 387 g/mol. The van der Waals surface area contributed by atoms with Crippen molar-refractivity contribution in [2.24, 2.45) is 0 Å². The van der Waals surface area contributed by atoms with Gasteiger partial charge in [-0.2, -0.15) is 4.31 Å². The predicted octanol–water partition coefficient (Wildman–Crippen LogP) is 1.16. The number of aliphatic hydroxyl groups excluding tert-OH is 1. The number of nitrogens with zero attached hydrogens (tertiary/aromatic N) is 1. The second-order valence-electron chi connectivity index (χ2n) is 5.00. The molecular weight excluding hydrogens is 373 g/mol. The van der Waals surface area contributed by atoms with E-state index in [-0.39, 0.29) is 21.5 Å². The Labute approximate surface area is 139 Å². The average Bonchev–Trinajstić information content (AvgIpc) is 2.66. The van der Waals surface area contributed by atoms with Crippen molar-refractivity contribution in [3.8, 4) is 0 Å². The van der Waals surface area contributed by atoms with Crippen LogP contribution in [0.25, 0.3) is 0 Å². The minimum Gasteiger partial charge on any atom is -0.390 e. The topological polar surface area (TPSA) is 91.8 Å². The lowest BCUT2D eigenvalue weighted by Gasteiger charge is -2.28. The molecule has 1 aromatic rings. The molecule has 0 aromatic heterocycles. The van der Waals surface area contributed by atoms with Crippen molar-refractivity contribution in [1.29, 1.82) is 0 Å². The Balaban J connectivity index is 2.43. The maximum absolute atomic E-state index is 12.7. The van der Waals surface area contributed by atoms with Crippen LogP contribution in [-0.4, -0.2) is 56.4 Å². The van der Waals surface area contributed by atoms with Gasteiger partial charge in [-0.05, 0) is 18.2 Å². The van der Waals surface area contributed by atoms with Crippen molar-refractivity contribution in [3.63, 3.8) is 0 Å². The first-order valence-corrected chi connectivity index (χ1v) is 10.5. The molecule has 1 fully saturated rings. The first-order valence-electron chi connectivity index (χ1n) is 6.44. The van der Waals surface area contributed by atoms with Gasteiger partial charge in [-0.3, -0.25) is 0 Å². The third-order valence-corrected chi connectivity index (χ3v) is 7.91. The molecule has 1 N–H and O–H groups in total. The van der Waals surface area contributed by atoms with E-state index in [0.29, 0.717) is 0 Å². The zero-order chi connectivity index (χ0) is 16.7. The minimum atomic E-state index is -3.99. The summed E-state index contributed by atoms with van der Waals surface area (Å²) in [6, 6.07) is 2.85. The van der Waals surface area contributed by atoms with Gasteiger partial charge in [0.1, 0.15) is 0 Å². The van der Waals surface area contributed by atoms with Crippen LogP contribution in [0.3, 0.4) is 0 Å². The molecule has 124 valence electrons. The van der Waals surface area contributed by atoms with Crippen molar-refractivity contribution in [3.05, 3.63) is 28.2 Å². The molecular formula is C12H15Cl2NO5S2. The van der Waals surface area contributed by atoms with Crippen molar-refractivity contribution in [2.75, 3.05) is 18.1 Å². The van der Waals surface area contributed by atoms with Gasteiger partial charge in [-0.25, -0.2) is 16.8 Å². The second-order valence-corrected chi connectivity index (χ2v) is 9.85. The fourth-order valence-electron chi connectivity index (χ4n) is 2.44. The van der Waals surface area contributed by atoms with Crippen molar-refractivity contribution < 1.29 is 21.9 Å². The summed E-state index contributed by atoms with van der Waals surface area (Å²) in [7, 11) is -7.45. The molecule has 1 saturated heterocycles. The van der Waals surface area contributed by atoms with E-state index in [1.54, 1.807) is 6.92 Å². The first kappa shape index (κ1) is 18.0. The van der Waals surface area contributed by atoms with Gasteiger partial charge in [0.05, 0.1) is 38.6 Å². The summed E-state index contributed by atoms with van der Waals surface area (Å²) < 4.78 is 49.6. The van der Waals surface area contributed by atoms with Crippen LogP contribution < -0.4 is 0 Å². The van der Waals surface area contributed by atoms with Crippen LogP contribution in [0, 0.1) is 0 Å². The Bertz CT molecular complexity index is 779. The quantitative estimate of drug-likeness (QED) is 0.836. The van der Waals surface area contributed by atoms with E-state index in [1.807, 2.05) is 0 Å². The molecule has 0 aliphatic carbocycles. The van der Waals surface area contributed by atoms with Crippen LogP contribution >= 0.6 is 23.2 Å². The van der Waals surface area contributed by atoms with Crippen molar-refractivity contribution in [1.82, 2.24) is 4.31 Å². The van der Waals surface area contributed by atoms with Gasteiger partial charge in [0.15, 0.2) is 9.84 Å². The molecule has 0 unspecified atom stereocenters. The molecule has 0 radical (unpaired) electrons. The zero-order valence-electron chi connectivity index (χ0n) is 11.6. The number of sulfone groups is 1. The summed E-state index contributed by atoms with van der Waals surface area (Å²) in [6.07, 6.45) is -1.25. The van der Waals surface area contributed by atoms with Gasteiger partial charge in [0.25, 0.3) is 0 Å². The second kappa shape index (κ2) is 6.26. The van der Waals surface area contributed by atoms with Crippen LogP contribution in [0.1, 0.15) is 6.92 Å². The van der Waals surface area contributed by atoms with Crippen LogP contribution in [0.15, 0.2) is 23.1 Å². The number of aliphatic hydroxyl groups is 1. The predicted molar refractivity (Wildman–Crippen MR) is 84.5 cm³/mol. The SMILES string of the molecule is CCN([C@@H]1CS(=O)(=O)C[C@H]1O)S(=O)(=O)c1ccc(Cl)c(Cl)c1. The molecule has 10 heteroatoms. The maximum atomic E-state index is 12.7. The number of hydrogen-bond acceptors (Lipinski definition) is 5. The Kier molecular flexibility index (Phi) is 5.11. The number of likely N-dealkylation sites (N-methyl/N-ethyl adjacent to an activating group) is 1. The first-order chi connectivity index (χ1) is 10.1. The Morgan fingerprint density at radius 3 is 2.36 bits per heavy atom. The molecule has 6 nitrogen and oxygen atoms in total. The summed E-state index contributed by atoms with van der Waals surface area (Å²) >= 11 is 11.6. The number of benzene rings is 1. The number of rotatable bonds is 4. The molecule has 2 rings (SSSR count). The van der Waals surface area contributed by atoms with E-state index in [0.717, 1.165) is 4.31 Å². The third-order valence-electron chi connectivity index (χ3n) is 3.47. The molecule has 22 heavy (non-hydrogen) atoms. The highest BCUT2D eigenvalue weighted by molar-refractivity contribution is 7.92. The maximum Gasteiger partial charge on any atom is 0.243 e. The van der Waals surface area contributed by atoms with Crippen molar-refractivity contribution >= 4 is 43.1 Å². The third kappa shape index (κ3) is 3.42. The van der Waals surface area contributed by atoms with Gasteiger partial charge in [0, 0.05) is 6.54 Å². The molecule has 0 saturated carbocycles. The average molecular weight is 388 g/mol. The Hall–Kier alpha value is -0.380. The number of halogens is 2. The molecule has 0 spiro atoms. The van der Waals surface area contributed by atoms with E-state index in [2.05, 4.69) is 0 Å². The molecule has 1 aliphatic rings. The van der Waals surface area contributed by atoms with Gasteiger partial charge >= 0.3 is 0 Å². The lowest BCUT2D eigenvalue weighted by molar-refractivity contribution is 0.130. The lowest BCUT2D eigenvalue weighted by atomic mass is 10.2.